The SMILES string of the molecule is CN1C(=O)C(NC(=O)C(CC2CCCC2)[C@H](O)COc2cc(F)cc(F)c2)N=C(c2ccccc2)c2ccccc21. The molecular formula is C32H33F2N3O4. The van der Waals surface area contributed by atoms with Gasteiger partial charge in [-0.25, -0.2) is 13.8 Å². The molecule has 3 atom stereocenters. The molecule has 0 spiro atoms. The number of aliphatic imine (C=N–C) groups is 1. The Hall–Kier alpha value is -4.11. The number of halogens is 2. The molecule has 1 saturated carbocycles. The van der Waals surface area contributed by atoms with Crippen molar-refractivity contribution < 1.29 is 28.2 Å². The quantitative estimate of drug-likeness (QED) is 0.391. The lowest BCUT2D eigenvalue weighted by molar-refractivity contribution is -0.133. The molecule has 1 aliphatic heterocycles. The zero-order valence-corrected chi connectivity index (χ0v) is 22.8. The number of carbonyl (C=O) groups excluding carboxylic acids is 2. The average molecular weight is 562 g/mol. The summed E-state index contributed by atoms with van der Waals surface area (Å²) in [5.74, 6) is -3.35. The summed E-state index contributed by atoms with van der Waals surface area (Å²) in [4.78, 5) is 33.6. The van der Waals surface area contributed by atoms with E-state index in [-0.39, 0.29) is 18.3 Å². The largest absolute Gasteiger partial charge is 0.491 e. The van der Waals surface area contributed by atoms with Crippen LogP contribution in [0.25, 0.3) is 0 Å². The van der Waals surface area contributed by atoms with E-state index in [9.17, 15) is 23.5 Å². The number of amides is 2. The maximum absolute atomic E-state index is 13.8. The molecule has 0 bridgehead atoms. The minimum absolute atomic E-state index is 0.0861. The van der Waals surface area contributed by atoms with Crippen LogP contribution in [0.4, 0.5) is 14.5 Å². The summed E-state index contributed by atoms with van der Waals surface area (Å²) in [6, 6.07) is 19.6. The van der Waals surface area contributed by atoms with Crippen LogP contribution in [0.15, 0.2) is 77.8 Å². The van der Waals surface area contributed by atoms with Gasteiger partial charge in [0.25, 0.3) is 5.91 Å². The van der Waals surface area contributed by atoms with Gasteiger partial charge in [0.15, 0.2) is 0 Å². The van der Waals surface area contributed by atoms with Gasteiger partial charge in [0.2, 0.25) is 12.1 Å². The van der Waals surface area contributed by atoms with Crippen LogP contribution >= 0.6 is 0 Å². The molecular weight excluding hydrogens is 528 g/mol. The number of hydrogen-bond donors (Lipinski definition) is 2. The van der Waals surface area contributed by atoms with Crippen LogP contribution < -0.4 is 15.0 Å². The first-order valence-electron chi connectivity index (χ1n) is 13.9. The molecule has 2 aliphatic rings. The van der Waals surface area contributed by atoms with E-state index < -0.39 is 41.6 Å². The molecule has 2 unspecified atom stereocenters. The second kappa shape index (κ2) is 12.6. The molecule has 3 aromatic carbocycles. The summed E-state index contributed by atoms with van der Waals surface area (Å²) in [5, 5.41) is 13.9. The Kier molecular flexibility index (Phi) is 8.73. The fourth-order valence-corrected chi connectivity index (χ4v) is 5.64. The average Bonchev–Trinajstić information content (AvgIpc) is 3.46. The smallest absolute Gasteiger partial charge is 0.272 e. The number of nitrogens with one attached hydrogen (secondary N) is 1. The van der Waals surface area contributed by atoms with Crippen molar-refractivity contribution in [2.24, 2.45) is 16.8 Å². The van der Waals surface area contributed by atoms with E-state index in [1.807, 2.05) is 54.6 Å². The van der Waals surface area contributed by atoms with Gasteiger partial charge in [-0.2, -0.15) is 0 Å². The molecule has 2 amide bonds. The summed E-state index contributed by atoms with van der Waals surface area (Å²) in [7, 11) is 1.64. The van der Waals surface area contributed by atoms with Crippen LogP contribution in [0.2, 0.25) is 0 Å². The summed E-state index contributed by atoms with van der Waals surface area (Å²) < 4.78 is 32.7. The number of carbonyl (C=O) groups is 2. The summed E-state index contributed by atoms with van der Waals surface area (Å²) in [6.45, 7) is -0.351. The molecule has 0 aromatic heterocycles. The highest BCUT2D eigenvalue weighted by Crippen LogP contribution is 2.32. The van der Waals surface area contributed by atoms with E-state index in [4.69, 9.17) is 9.73 Å². The van der Waals surface area contributed by atoms with Crippen molar-refractivity contribution in [1.82, 2.24) is 5.32 Å². The second-order valence-corrected chi connectivity index (χ2v) is 10.6. The molecule has 1 fully saturated rings. The lowest BCUT2D eigenvalue weighted by atomic mass is 9.88. The minimum atomic E-state index is -1.28. The number of aliphatic hydroxyl groups excluding tert-OH is 1. The topological polar surface area (TPSA) is 91.2 Å². The van der Waals surface area contributed by atoms with Crippen molar-refractivity contribution in [1.29, 1.82) is 0 Å². The fourth-order valence-electron chi connectivity index (χ4n) is 5.64. The van der Waals surface area contributed by atoms with Gasteiger partial charge in [-0.05, 0) is 18.4 Å². The molecule has 1 heterocycles. The maximum Gasteiger partial charge on any atom is 0.272 e. The fraction of sp³-hybridized carbons (Fsp3) is 0.344. The molecule has 2 N–H and O–H groups in total. The van der Waals surface area contributed by atoms with E-state index in [1.165, 1.54) is 4.90 Å². The van der Waals surface area contributed by atoms with Gasteiger partial charge in [-0.15, -0.1) is 0 Å². The highest BCUT2D eigenvalue weighted by atomic mass is 19.1. The number of hydrogen-bond acceptors (Lipinski definition) is 5. The first-order valence-corrected chi connectivity index (χ1v) is 13.9. The number of ether oxygens (including phenoxy) is 1. The first kappa shape index (κ1) is 28.4. The predicted octanol–water partition coefficient (Wildman–Crippen LogP) is 4.86. The molecule has 0 radical (unpaired) electrons. The highest BCUT2D eigenvalue weighted by Gasteiger charge is 2.36. The van der Waals surface area contributed by atoms with Crippen molar-refractivity contribution in [3.63, 3.8) is 0 Å². The number of rotatable bonds is 9. The van der Waals surface area contributed by atoms with Crippen molar-refractivity contribution >= 4 is 23.2 Å². The molecule has 9 heteroatoms. The maximum atomic E-state index is 13.8. The van der Waals surface area contributed by atoms with Crippen molar-refractivity contribution in [2.45, 2.75) is 44.4 Å². The van der Waals surface area contributed by atoms with Gasteiger partial charge in [0.1, 0.15) is 24.0 Å². The number of likely N-dealkylation sites (N-methyl/N-ethyl adjacent to an activating group) is 1. The molecule has 41 heavy (non-hydrogen) atoms. The summed E-state index contributed by atoms with van der Waals surface area (Å²) in [6.07, 6.45) is 1.83. The molecule has 1 aliphatic carbocycles. The van der Waals surface area contributed by atoms with Crippen molar-refractivity contribution in [2.75, 3.05) is 18.6 Å². The number of nitrogens with zero attached hydrogens (tertiary/aromatic N) is 2. The Balaban J connectivity index is 1.41. The summed E-state index contributed by atoms with van der Waals surface area (Å²) >= 11 is 0. The monoisotopic (exact) mass is 561 g/mol. The Labute approximate surface area is 237 Å². The third-order valence-corrected chi connectivity index (χ3v) is 7.79. The van der Waals surface area contributed by atoms with Crippen LogP contribution in [0.5, 0.6) is 5.75 Å². The number of fused-ring (bicyclic) bond motifs is 1. The van der Waals surface area contributed by atoms with Crippen molar-refractivity contribution in [3.8, 4) is 5.75 Å². The third kappa shape index (κ3) is 6.62. The molecule has 214 valence electrons. The molecule has 5 rings (SSSR count). The number of benzene rings is 3. The second-order valence-electron chi connectivity index (χ2n) is 10.6. The van der Waals surface area contributed by atoms with E-state index in [0.717, 1.165) is 55.0 Å². The minimum Gasteiger partial charge on any atom is -0.491 e. The Bertz CT molecular complexity index is 1410. The third-order valence-electron chi connectivity index (χ3n) is 7.79. The summed E-state index contributed by atoms with van der Waals surface area (Å²) in [5.41, 5.74) is 2.77. The van der Waals surface area contributed by atoms with Crippen LogP contribution in [0.3, 0.4) is 0 Å². The molecule has 3 aromatic rings. The van der Waals surface area contributed by atoms with Crippen LogP contribution in [-0.2, 0) is 9.59 Å². The van der Waals surface area contributed by atoms with Crippen LogP contribution in [-0.4, -0.2) is 48.6 Å². The molecule has 7 nitrogen and oxygen atoms in total. The Morgan fingerprint density at radius 3 is 2.41 bits per heavy atom. The highest BCUT2D eigenvalue weighted by molar-refractivity contribution is 6.20. The van der Waals surface area contributed by atoms with Gasteiger partial charge in [0, 0.05) is 36.4 Å². The zero-order chi connectivity index (χ0) is 28.9. The van der Waals surface area contributed by atoms with Gasteiger partial charge >= 0.3 is 0 Å². The first-order chi connectivity index (χ1) is 19.8. The van der Waals surface area contributed by atoms with E-state index in [2.05, 4.69) is 5.32 Å². The normalized spacial score (nSPS) is 18.7. The Morgan fingerprint density at radius 2 is 1.71 bits per heavy atom. The zero-order valence-electron chi connectivity index (χ0n) is 22.8. The predicted molar refractivity (Wildman–Crippen MR) is 152 cm³/mol. The number of para-hydroxylation sites is 1. The van der Waals surface area contributed by atoms with Crippen molar-refractivity contribution in [3.05, 3.63) is 95.6 Å². The lowest BCUT2D eigenvalue weighted by Crippen LogP contribution is -2.50. The van der Waals surface area contributed by atoms with Gasteiger partial charge in [0.05, 0.1) is 23.4 Å². The van der Waals surface area contributed by atoms with Gasteiger partial charge in [-0.3, -0.25) is 9.59 Å². The standard InChI is InChI=1S/C32H33F2N3O4/c1-37-27-14-8-7-13-25(27)29(21-11-3-2-4-12-21)35-30(32(37)40)36-31(39)26(15-20-9-5-6-10-20)28(38)19-41-24-17-22(33)16-23(34)18-24/h2-4,7-8,11-14,16-18,20,26,28,30,38H,5-6,9-10,15,19H2,1H3,(H,36,39)/t26?,28-,30?/m1/s1. The Morgan fingerprint density at radius 1 is 1.05 bits per heavy atom. The van der Waals surface area contributed by atoms with E-state index in [1.54, 1.807) is 7.05 Å². The van der Waals surface area contributed by atoms with Gasteiger partial charge < -0.3 is 20.1 Å². The lowest BCUT2D eigenvalue weighted by Gasteiger charge is -2.27. The number of benzodiazepines with no additional fused rings is 1. The number of aliphatic hydroxyl groups is 1. The number of anilines is 1. The van der Waals surface area contributed by atoms with E-state index in [0.29, 0.717) is 17.8 Å². The molecule has 0 saturated heterocycles. The van der Waals surface area contributed by atoms with Crippen LogP contribution in [0.1, 0.15) is 43.2 Å². The van der Waals surface area contributed by atoms with Gasteiger partial charge in [-0.1, -0.05) is 74.2 Å². The van der Waals surface area contributed by atoms with Crippen LogP contribution in [0, 0.1) is 23.5 Å². The van der Waals surface area contributed by atoms with E-state index >= 15 is 0 Å².